The van der Waals surface area contributed by atoms with Gasteiger partial charge in [-0.25, -0.2) is 14.6 Å². The summed E-state index contributed by atoms with van der Waals surface area (Å²) in [5.74, 6) is -0.0205. The number of amides is 2. The Morgan fingerprint density at radius 1 is 1.08 bits per heavy atom. The number of cyclic esters (lactones) is 1. The average Bonchev–Trinajstić information content (AvgIpc) is 4.02. The molecule has 1 aromatic heterocycles. The van der Waals surface area contributed by atoms with Gasteiger partial charge in [0.1, 0.15) is 17.3 Å². The monoisotopic (exact) mass is 870 g/mol. The van der Waals surface area contributed by atoms with Crippen LogP contribution in [0.1, 0.15) is 109 Å². The number of aliphatic hydroxyl groups is 2. The van der Waals surface area contributed by atoms with Crippen molar-refractivity contribution < 1.29 is 38.9 Å². The first-order chi connectivity index (χ1) is 29.6. The Morgan fingerprint density at radius 2 is 1.89 bits per heavy atom. The third kappa shape index (κ3) is 7.65. The van der Waals surface area contributed by atoms with E-state index in [1.807, 2.05) is 12.1 Å². The van der Waals surface area contributed by atoms with E-state index in [0.29, 0.717) is 66.6 Å². The van der Waals surface area contributed by atoms with Crippen LogP contribution in [0.5, 0.6) is 0 Å². The van der Waals surface area contributed by atoms with Crippen LogP contribution >= 0.6 is 21.6 Å². The number of rotatable bonds is 11. The van der Waals surface area contributed by atoms with Crippen LogP contribution < -0.4 is 10.6 Å². The molecule has 2 amide bonds. The van der Waals surface area contributed by atoms with Crippen LogP contribution in [0, 0.1) is 34.5 Å². The van der Waals surface area contributed by atoms with E-state index in [1.54, 1.807) is 34.7 Å². The lowest BCUT2D eigenvalue weighted by Gasteiger charge is -2.57. The van der Waals surface area contributed by atoms with Gasteiger partial charge in [0.2, 0.25) is 0 Å². The minimum Gasteiger partial charge on any atom is -0.427 e. The average molecular weight is 871 g/mol. The molecule has 0 aromatic carbocycles. The Balaban J connectivity index is 1.24. The summed E-state index contributed by atoms with van der Waals surface area (Å²) in [4.78, 5) is 62.0. The molecule has 1 aromatic rings. The van der Waals surface area contributed by atoms with Gasteiger partial charge >= 0.3 is 11.9 Å². The van der Waals surface area contributed by atoms with Gasteiger partial charge in [-0.15, -0.1) is 0 Å². The number of imide groups is 1. The standard InChI is InChI=1S/C47H58N4O8S2/c1-3-46(17-5-6-18-46)23-34-32-11-10-31-30-15-19-47(41(31)40(32)44(56)58-34)35-12-9-28(8-4-7-21-52)43(49-24-27(2)53)61-60-26-50-36-22-29(16-20-48-36)33(39(30)42(47)45(57)59-35)25-51-37(54)13-14-38(51)55/h12-14,16,20,22-23,27-28,30-31,33,41,43,49,52-53H,3-11,15,17-19,21,24-26H2,1-2H3,(H,48,50). The fourth-order valence-corrected chi connectivity index (χ4v) is 14.7. The van der Waals surface area contributed by atoms with Crippen molar-refractivity contribution in [1.29, 1.82) is 0 Å². The molecule has 1 saturated heterocycles. The fourth-order valence-electron chi connectivity index (χ4n) is 12.2. The first kappa shape index (κ1) is 42.6. The third-order valence-corrected chi connectivity index (χ3v) is 17.6. The Hall–Kier alpha value is -3.69. The Morgan fingerprint density at radius 3 is 2.64 bits per heavy atom. The maximum absolute atomic E-state index is 15.0. The van der Waals surface area contributed by atoms with Gasteiger partial charge in [-0.3, -0.25) is 14.5 Å². The van der Waals surface area contributed by atoms with Gasteiger partial charge in [-0.2, -0.15) is 0 Å². The third-order valence-electron chi connectivity index (χ3n) is 15.1. The van der Waals surface area contributed by atoms with Crippen LogP contribution in [0.25, 0.3) is 0 Å². The number of fused-ring (bicyclic) bond motifs is 3. The zero-order chi connectivity index (χ0) is 42.5. The number of unbranched alkanes of at least 4 members (excludes halogenated alkanes) is 1. The number of hydrogen-bond donors (Lipinski definition) is 4. The highest BCUT2D eigenvalue weighted by Crippen LogP contribution is 2.72. The number of ether oxygens (including phenoxy) is 2. The lowest BCUT2D eigenvalue weighted by atomic mass is 9.43. The molecular weight excluding hydrogens is 813 g/mol. The van der Waals surface area contributed by atoms with E-state index in [4.69, 9.17) is 9.47 Å². The molecule has 5 aliphatic carbocycles. The summed E-state index contributed by atoms with van der Waals surface area (Å²) in [6, 6.07) is 3.89. The van der Waals surface area contributed by atoms with E-state index in [0.717, 1.165) is 74.5 Å². The van der Waals surface area contributed by atoms with Gasteiger partial charge in [-0.05, 0) is 130 Å². The maximum Gasteiger partial charge on any atom is 0.340 e. The second-order valence-electron chi connectivity index (χ2n) is 18.4. The topological polar surface area (TPSA) is 167 Å². The molecule has 14 heteroatoms. The van der Waals surface area contributed by atoms with E-state index in [9.17, 15) is 29.4 Å². The fraction of sp³-hybridized carbons (Fsp3) is 0.596. The molecule has 0 radical (unpaired) electrons. The van der Waals surface area contributed by atoms with E-state index < -0.39 is 23.4 Å². The summed E-state index contributed by atoms with van der Waals surface area (Å²) < 4.78 is 12.9. The number of anilines is 1. The Labute approximate surface area is 365 Å². The lowest BCUT2D eigenvalue weighted by Crippen LogP contribution is -2.53. The van der Waals surface area contributed by atoms with E-state index in [2.05, 4.69) is 34.7 Å². The Bertz CT molecular complexity index is 2100. The van der Waals surface area contributed by atoms with Crippen LogP contribution in [0.3, 0.4) is 0 Å². The van der Waals surface area contributed by atoms with E-state index >= 15 is 0 Å². The predicted molar refractivity (Wildman–Crippen MR) is 234 cm³/mol. The normalized spacial score (nSPS) is 32.9. The van der Waals surface area contributed by atoms with Crippen molar-refractivity contribution in [3.8, 4) is 0 Å². The number of allylic oxidation sites excluding steroid dienone is 4. The molecule has 5 heterocycles. The van der Waals surface area contributed by atoms with Crippen molar-refractivity contribution in [1.82, 2.24) is 15.2 Å². The van der Waals surface area contributed by atoms with Gasteiger partial charge in [0, 0.05) is 61.0 Å². The second kappa shape index (κ2) is 17.5. The molecule has 3 fully saturated rings. The number of hydrogen-bond acceptors (Lipinski definition) is 13. The minimum atomic E-state index is -0.960. The van der Waals surface area contributed by atoms with Crippen LogP contribution in [0.2, 0.25) is 0 Å². The van der Waals surface area contributed by atoms with Crippen molar-refractivity contribution >= 4 is 51.2 Å². The zero-order valence-corrected chi connectivity index (χ0v) is 36.8. The summed E-state index contributed by atoms with van der Waals surface area (Å²) in [6.07, 6.45) is 19.3. The Kier molecular flexibility index (Phi) is 12.2. The molecule has 7 bridgehead atoms. The molecule has 2 saturated carbocycles. The van der Waals surface area contributed by atoms with Crippen molar-refractivity contribution in [3.63, 3.8) is 0 Å². The molecular formula is C47H58N4O8S2. The summed E-state index contributed by atoms with van der Waals surface area (Å²) >= 11 is 0. The van der Waals surface area contributed by atoms with Gasteiger partial charge in [-0.1, -0.05) is 47.8 Å². The van der Waals surface area contributed by atoms with Gasteiger partial charge in [0.25, 0.3) is 11.8 Å². The number of pyridine rings is 1. The molecule has 4 N–H and O–H groups in total. The minimum absolute atomic E-state index is 0.00157. The number of esters is 2. The summed E-state index contributed by atoms with van der Waals surface area (Å²) in [5.41, 5.74) is 3.02. The van der Waals surface area contributed by atoms with Crippen LogP contribution in [-0.4, -0.2) is 80.9 Å². The summed E-state index contributed by atoms with van der Waals surface area (Å²) in [5, 5.41) is 27.1. The van der Waals surface area contributed by atoms with Crippen LogP contribution in [0.4, 0.5) is 5.82 Å². The highest BCUT2D eigenvalue weighted by Gasteiger charge is 2.69. The molecule has 4 aliphatic heterocycles. The first-order valence-corrected chi connectivity index (χ1v) is 24.9. The highest BCUT2D eigenvalue weighted by molar-refractivity contribution is 8.76. The zero-order valence-electron chi connectivity index (χ0n) is 35.2. The SMILES string of the molecule is CCC1(C=C2OC(=O)C3=C2CCC2C4CCC5(C6=CCC(CCCCO)C(NCC(C)O)SSCNc7cc(ccn7)C(CN7C(=O)C=CC7=O)C4=C5C(=O)O6)C32)CCCC1. The molecule has 9 aliphatic rings. The number of carbonyl (C=O) groups excluding carboxylic acids is 4. The number of nitrogens with one attached hydrogen (secondary N) is 2. The molecule has 10 rings (SSSR count). The van der Waals surface area contributed by atoms with Gasteiger partial charge in [0.05, 0.1) is 28.3 Å². The summed E-state index contributed by atoms with van der Waals surface area (Å²) in [6.45, 7) is 4.53. The van der Waals surface area contributed by atoms with Crippen molar-refractivity contribution in [2.45, 2.75) is 115 Å². The lowest BCUT2D eigenvalue weighted by molar-refractivity contribution is -0.137. The number of carbonyl (C=O) groups is 4. The number of aromatic nitrogens is 1. The summed E-state index contributed by atoms with van der Waals surface area (Å²) in [7, 11) is 3.32. The van der Waals surface area contributed by atoms with Crippen molar-refractivity contribution in [3.05, 3.63) is 82.0 Å². The van der Waals surface area contributed by atoms with E-state index in [1.165, 1.54) is 17.1 Å². The molecule has 8 atom stereocenters. The number of nitrogens with zero attached hydrogens (tertiary/aromatic N) is 2. The first-order valence-electron chi connectivity index (χ1n) is 22.5. The van der Waals surface area contributed by atoms with Crippen molar-refractivity contribution in [2.24, 2.45) is 34.5 Å². The second-order valence-corrected chi connectivity index (χ2v) is 20.9. The van der Waals surface area contributed by atoms with Crippen LogP contribution in [-0.2, 0) is 28.7 Å². The molecule has 12 nitrogen and oxygen atoms in total. The molecule has 326 valence electrons. The largest absolute Gasteiger partial charge is 0.427 e. The van der Waals surface area contributed by atoms with Gasteiger partial charge in [0.15, 0.2) is 0 Å². The smallest absolute Gasteiger partial charge is 0.340 e. The number of aliphatic hydroxyl groups excluding tert-OH is 2. The van der Waals surface area contributed by atoms with Gasteiger partial charge < -0.3 is 30.3 Å². The predicted octanol–water partition coefficient (Wildman–Crippen LogP) is 7.20. The quantitative estimate of drug-likeness (QED) is 0.0764. The highest BCUT2D eigenvalue weighted by atomic mass is 33.1. The molecule has 1 spiro atoms. The van der Waals surface area contributed by atoms with E-state index in [-0.39, 0.29) is 65.4 Å². The van der Waals surface area contributed by atoms with Crippen molar-refractivity contribution in [2.75, 3.05) is 30.9 Å². The molecule has 61 heavy (non-hydrogen) atoms. The van der Waals surface area contributed by atoms with Crippen LogP contribution in [0.15, 0.2) is 76.4 Å². The maximum atomic E-state index is 15.0. The molecule has 8 unspecified atom stereocenters.